The highest BCUT2D eigenvalue weighted by Gasteiger charge is 2.49. The second-order valence-corrected chi connectivity index (χ2v) is 19.1. The third-order valence-corrected chi connectivity index (χ3v) is 16.5. The Bertz CT molecular complexity index is 798. The van der Waals surface area contributed by atoms with E-state index in [2.05, 4.69) is 23.6 Å². The van der Waals surface area contributed by atoms with Gasteiger partial charge >= 0.3 is 0 Å². The lowest BCUT2D eigenvalue weighted by molar-refractivity contribution is -0.0565. The van der Waals surface area contributed by atoms with Gasteiger partial charge in [-0.15, -0.1) is 0 Å². The molecule has 7 aliphatic rings. The van der Waals surface area contributed by atoms with E-state index in [1.807, 2.05) is 0 Å². The predicted molar refractivity (Wildman–Crippen MR) is 197 cm³/mol. The maximum atomic E-state index is 3.24. The van der Waals surface area contributed by atoms with Crippen LogP contribution in [0.1, 0.15) is 213 Å². The van der Waals surface area contributed by atoms with Crippen molar-refractivity contribution >= 4 is 0 Å². The summed E-state index contributed by atoms with van der Waals surface area (Å²) < 4.78 is 0. The molecule has 0 saturated heterocycles. The molecule has 2 heteroatoms. The second kappa shape index (κ2) is 16.3. The van der Waals surface area contributed by atoms with E-state index in [4.69, 9.17) is 0 Å². The van der Waals surface area contributed by atoms with Gasteiger partial charge in [-0.25, -0.2) is 0 Å². The minimum Gasteiger partial charge on any atom is -0.294 e. The molecule has 0 heterocycles. The average Bonchev–Trinajstić information content (AvgIpc) is 3.12. The van der Waals surface area contributed by atoms with Gasteiger partial charge in [0.1, 0.15) is 0 Å². The van der Waals surface area contributed by atoms with E-state index in [9.17, 15) is 0 Å². The quantitative estimate of drug-likeness (QED) is 0.262. The summed E-state index contributed by atoms with van der Waals surface area (Å²) in [6.45, 7) is 5.04. The lowest BCUT2D eigenvalue weighted by atomic mass is 9.53. The highest BCUT2D eigenvalue weighted by Crippen LogP contribution is 2.57. The van der Waals surface area contributed by atoms with Crippen LogP contribution in [0, 0.1) is 29.1 Å². The fraction of sp³-hybridized carbons (Fsp3) is 1.00. The summed E-state index contributed by atoms with van der Waals surface area (Å²) in [6.07, 6.45) is 47.3. The Morgan fingerprint density at radius 3 is 0.935 bits per heavy atom. The number of rotatable bonds is 8. The first-order valence-electron chi connectivity index (χ1n) is 22.2. The standard InChI is InChI=1S/C44H78N2/c1-34-16-24-40(25-17-34)45(38-12-6-3-7-13-38)42-28-20-36(21-29-42)44(32-10-5-11-33-44)37-22-30-43(31-23-37)46(39-14-8-4-9-15-39)41-26-18-35(2)19-27-41/h34-43H,3-33H2,1-2H3. The maximum Gasteiger partial charge on any atom is 0.0101 e. The summed E-state index contributed by atoms with van der Waals surface area (Å²) in [4.78, 5) is 6.48. The van der Waals surface area contributed by atoms with Crippen LogP contribution in [0.2, 0.25) is 0 Å². The van der Waals surface area contributed by atoms with Crippen molar-refractivity contribution in [3.63, 3.8) is 0 Å². The summed E-state index contributed by atoms with van der Waals surface area (Å²) in [5.41, 5.74) is 0.708. The van der Waals surface area contributed by atoms with Crippen LogP contribution in [0.25, 0.3) is 0 Å². The van der Waals surface area contributed by atoms with E-state index in [1.165, 1.54) is 122 Å². The molecule has 0 amide bonds. The van der Waals surface area contributed by atoms with E-state index < -0.39 is 0 Å². The Labute approximate surface area is 287 Å². The summed E-state index contributed by atoms with van der Waals surface area (Å²) >= 11 is 0. The zero-order valence-electron chi connectivity index (χ0n) is 31.1. The first-order valence-corrected chi connectivity index (χ1v) is 22.2. The zero-order chi connectivity index (χ0) is 31.3. The van der Waals surface area contributed by atoms with E-state index in [-0.39, 0.29) is 0 Å². The first-order chi connectivity index (χ1) is 22.6. The maximum absolute atomic E-state index is 3.24. The molecule has 0 aromatic carbocycles. The van der Waals surface area contributed by atoms with Crippen molar-refractivity contribution in [2.24, 2.45) is 29.1 Å². The van der Waals surface area contributed by atoms with Crippen LogP contribution in [0.15, 0.2) is 0 Å². The molecule has 0 unspecified atom stereocenters. The van der Waals surface area contributed by atoms with Crippen molar-refractivity contribution in [1.82, 2.24) is 9.80 Å². The molecule has 7 rings (SSSR count). The van der Waals surface area contributed by atoms with Gasteiger partial charge in [0, 0.05) is 36.3 Å². The zero-order valence-corrected chi connectivity index (χ0v) is 31.1. The molecule has 0 atom stereocenters. The van der Waals surface area contributed by atoms with E-state index in [0.29, 0.717) is 5.41 Å². The molecule has 7 fully saturated rings. The smallest absolute Gasteiger partial charge is 0.0101 e. The minimum absolute atomic E-state index is 0.708. The van der Waals surface area contributed by atoms with Crippen LogP contribution in [0.3, 0.4) is 0 Å². The first kappa shape index (κ1) is 34.4. The van der Waals surface area contributed by atoms with Crippen molar-refractivity contribution in [3.05, 3.63) is 0 Å². The SMILES string of the molecule is CC1CCC(N(C2CCCCC2)C2CCC(C3(C4CCC(N(C5CCCCC5)C5CCC(C)CC5)CC4)CCCCC3)CC2)CC1. The normalized spacial score (nSPS) is 40.7. The number of hydrogen-bond donors (Lipinski definition) is 0. The van der Waals surface area contributed by atoms with Gasteiger partial charge in [-0.1, -0.05) is 71.6 Å². The number of nitrogens with zero attached hydrogens (tertiary/aromatic N) is 2. The summed E-state index contributed by atoms with van der Waals surface area (Å²) in [7, 11) is 0. The second-order valence-electron chi connectivity index (χ2n) is 19.1. The number of hydrogen-bond acceptors (Lipinski definition) is 2. The fourth-order valence-corrected chi connectivity index (χ4v) is 13.9. The largest absolute Gasteiger partial charge is 0.294 e. The average molecular weight is 635 g/mol. The van der Waals surface area contributed by atoms with Crippen LogP contribution >= 0.6 is 0 Å². The van der Waals surface area contributed by atoms with Crippen molar-refractivity contribution in [1.29, 1.82) is 0 Å². The Hall–Kier alpha value is -0.0800. The van der Waals surface area contributed by atoms with E-state index in [1.54, 1.807) is 77.0 Å². The van der Waals surface area contributed by atoms with Gasteiger partial charge in [0.25, 0.3) is 0 Å². The molecular formula is C44H78N2. The molecule has 0 radical (unpaired) electrons. The Balaban J connectivity index is 1.01. The fourth-order valence-electron chi connectivity index (χ4n) is 13.9. The molecular weight excluding hydrogens is 556 g/mol. The van der Waals surface area contributed by atoms with Gasteiger partial charge in [0.2, 0.25) is 0 Å². The summed E-state index contributed by atoms with van der Waals surface area (Å²) in [5, 5.41) is 0. The summed E-state index contributed by atoms with van der Waals surface area (Å²) in [6, 6.07) is 5.51. The van der Waals surface area contributed by atoms with Crippen molar-refractivity contribution in [3.8, 4) is 0 Å². The molecule has 0 aromatic rings. The highest BCUT2D eigenvalue weighted by atomic mass is 15.2. The van der Waals surface area contributed by atoms with Crippen LogP contribution in [0.5, 0.6) is 0 Å². The molecule has 0 bridgehead atoms. The molecule has 264 valence electrons. The molecule has 2 nitrogen and oxygen atoms in total. The van der Waals surface area contributed by atoms with Gasteiger partial charge in [-0.05, 0) is 170 Å². The Morgan fingerprint density at radius 1 is 0.304 bits per heavy atom. The van der Waals surface area contributed by atoms with Crippen LogP contribution < -0.4 is 0 Å². The van der Waals surface area contributed by atoms with Crippen molar-refractivity contribution < 1.29 is 0 Å². The van der Waals surface area contributed by atoms with Gasteiger partial charge in [-0.2, -0.15) is 0 Å². The van der Waals surface area contributed by atoms with Crippen LogP contribution in [-0.2, 0) is 0 Å². The lowest BCUT2D eigenvalue weighted by Gasteiger charge is -2.56. The third kappa shape index (κ3) is 7.79. The van der Waals surface area contributed by atoms with Gasteiger partial charge in [-0.3, -0.25) is 9.80 Å². The monoisotopic (exact) mass is 635 g/mol. The van der Waals surface area contributed by atoms with Crippen molar-refractivity contribution in [2.75, 3.05) is 0 Å². The molecule has 0 spiro atoms. The van der Waals surface area contributed by atoms with Gasteiger partial charge in [0.05, 0.1) is 0 Å². The molecule has 7 saturated carbocycles. The Kier molecular flexibility index (Phi) is 12.2. The molecule has 7 aliphatic carbocycles. The van der Waals surface area contributed by atoms with E-state index in [0.717, 1.165) is 59.9 Å². The van der Waals surface area contributed by atoms with Crippen LogP contribution in [-0.4, -0.2) is 46.1 Å². The topological polar surface area (TPSA) is 6.48 Å². The lowest BCUT2D eigenvalue weighted by Crippen LogP contribution is -2.54. The van der Waals surface area contributed by atoms with Crippen LogP contribution in [0.4, 0.5) is 0 Å². The molecule has 46 heavy (non-hydrogen) atoms. The molecule has 0 aromatic heterocycles. The minimum atomic E-state index is 0.708. The van der Waals surface area contributed by atoms with Crippen molar-refractivity contribution in [2.45, 2.75) is 249 Å². The van der Waals surface area contributed by atoms with Gasteiger partial charge < -0.3 is 0 Å². The Morgan fingerprint density at radius 2 is 0.587 bits per heavy atom. The highest BCUT2D eigenvalue weighted by molar-refractivity contribution is 5.01. The molecule has 0 N–H and O–H groups in total. The van der Waals surface area contributed by atoms with E-state index >= 15 is 0 Å². The predicted octanol–water partition coefficient (Wildman–Crippen LogP) is 12.5. The van der Waals surface area contributed by atoms with Gasteiger partial charge in [0.15, 0.2) is 0 Å². The molecule has 0 aliphatic heterocycles. The summed E-state index contributed by atoms with van der Waals surface area (Å²) in [5.74, 6) is 4.03. The third-order valence-electron chi connectivity index (χ3n) is 16.5.